The third kappa shape index (κ3) is 1.47. The Labute approximate surface area is 82.2 Å². The number of ether oxygens (including phenoxy) is 2. The predicted octanol–water partition coefficient (Wildman–Crippen LogP) is 1.63. The van der Waals surface area contributed by atoms with E-state index in [1.165, 1.54) is 12.8 Å². The van der Waals surface area contributed by atoms with Crippen LogP contribution in [0.1, 0.15) is 12.8 Å². The fourth-order valence-electron chi connectivity index (χ4n) is 1.47. The quantitative estimate of drug-likeness (QED) is 0.790. The highest BCUT2D eigenvalue weighted by molar-refractivity contribution is 5.49. The summed E-state index contributed by atoms with van der Waals surface area (Å²) in [4.78, 5) is 4.23. The number of aromatic nitrogens is 1. The molecule has 4 nitrogen and oxygen atoms in total. The van der Waals surface area contributed by atoms with Crippen molar-refractivity contribution in [3.05, 3.63) is 12.3 Å². The molecular weight excluding hydrogens is 180 g/mol. The van der Waals surface area contributed by atoms with Gasteiger partial charge < -0.3 is 14.8 Å². The maximum absolute atomic E-state index is 5.26. The molecule has 14 heavy (non-hydrogen) atoms. The Morgan fingerprint density at radius 3 is 3.07 bits per heavy atom. The van der Waals surface area contributed by atoms with E-state index in [1.807, 2.05) is 6.07 Å². The minimum absolute atomic E-state index is 0.309. The standard InChI is InChI=1S/C10H12N2O2/c1-2-7(1)4-11-10-3-8-9(5-12-10)14-6-13-8/h3,5,7H,1-2,4,6H2,(H,11,12). The first kappa shape index (κ1) is 7.91. The molecule has 0 radical (unpaired) electrons. The Morgan fingerprint density at radius 1 is 1.36 bits per heavy atom. The number of nitrogens with zero attached hydrogens (tertiary/aromatic N) is 1. The smallest absolute Gasteiger partial charge is 0.231 e. The topological polar surface area (TPSA) is 43.4 Å². The van der Waals surface area contributed by atoms with Crippen LogP contribution < -0.4 is 14.8 Å². The summed E-state index contributed by atoms with van der Waals surface area (Å²) in [6, 6.07) is 1.89. The van der Waals surface area contributed by atoms with Crippen molar-refractivity contribution in [1.29, 1.82) is 0 Å². The maximum Gasteiger partial charge on any atom is 0.231 e. The van der Waals surface area contributed by atoms with Crippen LogP contribution in [0.25, 0.3) is 0 Å². The molecule has 0 unspecified atom stereocenters. The second-order valence-electron chi connectivity index (χ2n) is 3.75. The van der Waals surface area contributed by atoms with E-state index in [9.17, 15) is 0 Å². The molecule has 1 fully saturated rings. The molecule has 1 aromatic heterocycles. The first-order valence-electron chi connectivity index (χ1n) is 4.91. The highest BCUT2D eigenvalue weighted by atomic mass is 16.7. The molecule has 0 atom stereocenters. The van der Waals surface area contributed by atoms with Crippen molar-refractivity contribution in [3.63, 3.8) is 0 Å². The molecule has 2 heterocycles. The molecule has 0 aromatic carbocycles. The Morgan fingerprint density at radius 2 is 2.21 bits per heavy atom. The van der Waals surface area contributed by atoms with Crippen LogP contribution in [0.5, 0.6) is 11.5 Å². The highest BCUT2D eigenvalue weighted by Gasteiger charge is 2.21. The molecule has 2 aliphatic rings. The van der Waals surface area contributed by atoms with Gasteiger partial charge in [0.1, 0.15) is 5.82 Å². The van der Waals surface area contributed by atoms with Gasteiger partial charge in [0.2, 0.25) is 6.79 Å². The summed E-state index contributed by atoms with van der Waals surface area (Å²) in [7, 11) is 0. The number of fused-ring (bicyclic) bond motifs is 1. The van der Waals surface area contributed by atoms with Gasteiger partial charge in [-0.3, -0.25) is 0 Å². The van der Waals surface area contributed by atoms with Crippen LogP contribution in [0.2, 0.25) is 0 Å². The van der Waals surface area contributed by atoms with Crippen molar-refractivity contribution >= 4 is 5.82 Å². The number of anilines is 1. The summed E-state index contributed by atoms with van der Waals surface area (Å²) in [6.45, 7) is 1.33. The lowest BCUT2D eigenvalue weighted by Gasteiger charge is -2.04. The van der Waals surface area contributed by atoms with E-state index in [0.29, 0.717) is 6.79 Å². The van der Waals surface area contributed by atoms with Crippen molar-refractivity contribution in [1.82, 2.24) is 4.98 Å². The fourth-order valence-corrected chi connectivity index (χ4v) is 1.47. The third-order valence-electron chi connectivity index (χ3n) is 2.53. The molecule has 1 saturated carbocycles. The van der Waals surface area contributed by atoms with Gasteiger partial charge in [-0.15, -0.1) is 0 Å². The molecular formula is C10H12N2O2. The SMILES string of the molecule is c1nc(NCC2CC2)cc2c1OCO2. The van der Waals surface area contributed by atoms with Gasteiger partial charge in [0.05, 0.1) is 6.20 Å². The Kier molecular flexibility index (Phi) is 1.72. The Bertz CT molecular complexity index is 350. The number of pyridine rings is 1. The molecule has 1 aliphatic heterocycles. The minimum Gasteiger partial charge on any atom is -0.453 e. The summed E-state index contributed by atoms with van der Waals surface area (Å²) in [5, 5.41) is 3.29. The van der Waals surface area contributed by atoms with E-state index < -0.39 is 0 Å². The summed E-state index contributed by atoms with van der Waals surface area (Å²) in [5.41, 5.74) is 0. The van der Waals surface area contributed by atoms with E-state index in [1.54, 1.807) is 6.20 Å². The van der Waals surface area contributed by atoms with Gasteiger partial charge in [0.25, 0.3) is 0 Å². The van der Waals surface area contributed by atoms with Gasteiger partial charge in [0, 0.05) is 12.6 Å². The average Bonchev–Trinajstić information content (AvgIpc) is 2.92. The molecule has 74 valence electrons. The maximum atomic E-state index is 5.26. The van der Waals surface area contributed by atoms with Crippen molar-refractivity contribution < 1.29 is 9.47 Å². The largest absolute Gasteiger partial charge is 0.453 e. The normalized spacial score (nSPS) is 18.3. The van der Waals surface area contributed by atoms with Crippen molar-refractivity contribution in [2.45, 2.75) is 12.8 Å². The van der Waals surface area contributed by atoms with Gasteiger partial charge in [-0.25, -0.2) is 4.98 Å². The van der Waals surface area contributed by atoms with Gasteiger partial charge in [0.15, 0.2) is 11.5 Å². The molecule has 1 N–H and O–H groups in total. The van der Waals surface area contributed by atoms with Gasteiger partial charge in [-0.2, -0.15) is 0 Å². The first-order chi connectivity index (χ1) is 6.92. The average molecular weight is 192 g/mol. The van der Waals surface area contributed by atoms with Gasteiger partial charge >= 0.3 is 0 Å². The van der Waals surface area contributed by atoms with Crippen molar-refractivity contribution in [3.8, 4) is 11.5 Å². The molecule has 0 saturated heterocycles. The van der Waals surface area contributed by atoms with Crippen molar-refractivity contribution in [2.75, 3.05) is 18.7 Å². The summed E-state index contributed by atoms with van der Waals surface area (Å²) in [5.74, 6) is 3.25. The molecule has 3 rings (SSSR count). The van der Waals surface area contributed by atoms with E-state index in [2.05, 4.69) is 10.3 Å². The van der Waals surface area contributed by atoms with Crippen LogP contribution in [0.15, 0.2) is 12.3 Å². The third-order valence-corrected chi connectivity index (χ3v) is 2.53. The zero-order chi connectivity index (χ0) is 9.38. The van der Waals surface area contributed by atoms with E-state index in [4.69, 9.17) is 9.47 Å². The Hall–Kier alpha value is -1.45. The zero-order valence-electron chi connectivity index (χ0n) is 7.82. The first-order valence-corrected chi connectivity index (χ1v) is 4.91. The monoisotopic (exact) mass is 192 g/mol. The van der Waals surface area contributed by atoms with E-state index >= 15 is 0 Å². The molecule has 1 aliphatic carbocycles. The van der Waals surface area contributed by atoms with Crippen LogP contribution in [-0.2, 0) is 0 Å². The lowest BCUT2D eigenvalue weighted by Crippen LogP contribution is -2.04. The fraction of sp³-hybridized carbons (Fsp3) is 0.500. The second-order valence-corrected chi connectivity index (χ2v) is 3.75. The minimum atomic E-state index is 0.309. The van der Waals surface area contributed by atoms with Crippen LogP contribution in [-0.4, -0.2) is 18.3 Å². The van der Waals surface area contributed by atoms with Crippen molar-refractivity contribution in [2.24, 2.45) is 5.92 Å². The van der Waals surface area contributed by atoms with Crippen LogP contribution in [0.4, 0.5) is 5.82 Å². The lowest BCUT2D eigenvalue weighted by atomic mass is 10.3. The molecule has 4 heteroatoms. The summed E-state index contributed by atoms with van der Waals surface area (Å²) in [6.07, 6.45) is 4.40. The molecule has 0 amide bonds. The second kappa shape index (κ2) is 3.04. The number of hydrogen-bond acceptors (Lipinski definition) is 4. The molecule has 0 spiro atoms. The van der Waals surface area contributed by atoms with E-state index in [0.717, 1.165) is 29.8 Å². The predicted molar refractivity (Wildman–Crippen MR) is 51.6 cm³/mol. The van der Waals surface area contributed by atoms with Crippen LogP contribution in [0, 0.1) is 5.92 Å². The number of rotatable bonds is 3. The van der Waals surface area contributed by atoms with Gasteiger partial charge in [-0.1, -0.05) is 0 Å². The lowest BCUT2D eigenvalue weighted by molar-refractivity contribution is 0.174. The van der Waals surface area contributed by atoms with Crippen LogP contribution >= 0.6 is 0 Å². The summed E-state index contributed by atoms with van der Waals surface area (Å²) < 4.78 is 10.4. The highest BCUT2D eigenvalue weighted by Crippen LogP contribution is 2.33. The molecule has 1 aromatic rings. The number of nitrogens with one attached hydrogen (secondary N) is 1. The van der Waals surface area contributed by atoms with Crippen LogP contribution in [0.3, 0.4) is 0 Å². The Balaban J connectivity index is 1.71. The molecule has 0 bridgehead atoms. The summed E-state index contributed by atoms with van der Waals surface area (Å²) >= 11 is 0. The van der Waals surface area contributed by atoms with Gasteiger partial charge in [-0.05, 0) is 18.8 Å². The van der Waals surface area contributed by atoms with E-state index in [-0.39, 0.29) is 0 Å². The number of hydrogen-bond donors (Lipinski definition) is 1. The zero-order valence-corrected chi connectivity index (χ0v) is 7.82.